The summed E-state index contributed by atoms with van der Waals surface area (Å²) in [5, 5.41) is 16.0. The number of benzene rings is 1. The van der Waals surface area contributed by atoms with Crippen LogP contribution in [-0.4, -0.2) is 48.8 Å². The van der Waals surface area contributed by atoms with Crippen molar-refractivity contribution in [3.63, 3.8) is 0 Å². The standard InChI is InChI=1S/C17H18ClN3O3S/c1-10-17(24-14-5-4-12(7-19)15(18)6-14)16(11-2-3-11)20-21(10)13-8-25(22,23)9-13/h4-6,10-11,13,17H,2-3,8-9H2,1H3. The molecule has 2 aliphatic heterocycles. The molecule has 1 aromatic carbocycles. The third-order valence-corrected chi connectivity index (χ3v) is 7.06. The van der Waals surface area contributed by atoms with Crippen molar-refractivity contribution >= 4 is 27.1 Å². The van der Waals surface area contributed by atoms with Crippen molar-refractivity contribution in [1.82, 2.24) is 5.01 Å². The maximum Gasteiger partial charge on any atom is 0.160 e. The van der Waals surface area contributed by atoms with Crippen LogP contribution in [0.5, 0.6) is 5.75 Å². The summed E-state index contributed by atoms with van der Waals surface area (Å²) in [6.07, 6.45) is 1.96. The van der Waals surface area contributed by atoms with Crippen LogP contribution in [0.1, 0.15) is 25.3 Å². The molecule has 2 heterocycles. The Balaban J connectivity index is 1.55. The predicted octanol–water partition coefficient (Wildman–Crippen LogP) is 2.23. The molecule has 1 saturated carbocycles. The predicted molar refractivity (Wildman–Crippen MR) is 94.5 cm³/mol. The van der Waals surface area contributed by atoms with E-state index in [1.165, 1.54) is 0 Å². The Morgan fingerprint density at radius 3 is 2.64 bits per heavy atom. The molecule has 3 aliphatic rings. The summed E-state index contributed by atoms with van der Waals surface area (Å²) < 4.78 is 29.2. The molecule has 1 aromatic rings. The molecule has 1 aliphatic carbocycles. The van der Waals surface area contributed by atoms with Gasteiger partial charge in [0.1, 0.15) is 11.8 Å². The van der Waals surface area contributed by atoms with Gasteiger partial charge in [-0.3, -0.25) is 5.01 Å². The van der Waals surface area contributed by atoms with Gasteiger partial charge in [-0.1, -0.05) is 11.6 Å². The van der Waals surface area contributed by atoms with E-state index in [1.54, 1.807) is 18.2 Å². The van der Waals surface area contributed by atoms with Crippen molar-refractivity contribution in [3.05, 3.63) is 28.8 Å². The van der Waals surface area contributed by atoms with E-state index in [4.69, 9.17) is 26.7 Å². The Bertz CT molecular complexity index is 877. The molecule has 25 heavy (non-hydrogen) atoms. The summed E-state index contributed by atoms with van der Waals surface area (Å²) in [5.74, 6) is 1.34. The van der Waals surface area contributed by atoms with Crippen LogP contribution in [0.15, 0.2) is 23.3 Å². The minimum absolute atomic E-state index is 0.0366. The first-order chi connectivity index (χ1) is 11.9. The molecule has 0 aromatic heterocycles. The molecule has 2 unspecified atom stereocenters. The summed E-state index contributed by atoms with van der Waals surface area (Å²) in [4.78, 5) is 0. The van der Waals surface area contributed by atoms with Crippen LogP contribution in [0.3, 0.4) is 0 Å². The number of sulfone groups is 1. The first-order valence-corrected chi connectivity index (χ1v) is 10.5. The number of nitriles is 1. The van der Waals surface area contributed by atoms with Gasteiger partial charge in [0.25, 0.3) is 0 Å². The number of nitrogens with zero attached hydrogens (tertiary/aromatic N) is 3. The molecular weight excluding hydrogens is 362 g/mol. The summed E-state index contributed by atoms with van der Waals surface area (Å²) in [6, 6.07) is 6.95. The van der Waals surface area contributed by atoms with Crippen molar-refractivity contribution in [1.29, 1.82) is 5.26 Å². The fourth-order valence-electron chi connectivity index (χ4n) is 3.43. The van der Waals surface area contributed by atoms with Gasteiger partial charge in [0.2, 0.25) is 0 Å². The molecule has 8 heteroatoms. The van der Waals surface area contributed by atoms with Gasteiger partial charge < -0.3 is 4.74 Å². The fraction of sp³-hybridized carbons (Fsp3) is 0.529. The molecule has 0 N–H and O–H groups in total. The van der Waals surface area contributed by atoms with Gasteiger partial charge >= 0.3 is 0 Å². The average Bonchev–Trinajstić information content (AvgIpc) is 3.32. The number of rotatable bonds is 4. The van der Waals surface area contributed by atoms with E-state index >= 15 is 0 Å². The second kappa shape index (κ2) is 5.89. The zero-order chi connectivity index (χ0) is 17.8. The van der Waals surface area contributed by atoms with Crippen LogP contribution in [-0.2, 0) is 9.84 Å². The molecule has 2 fully saturated rings. The largest absolute Gasteiger partial charge is 0.482 e. The lowest BCUT2D eigenvalue weighted by Gasteiger charge is -2.36. The van der Waals surface area contributed by atoms with Gasteiger partial charge in [0.05, 0.1) is 39.9 Å². The molecule has 0 bridgehead atoms. The number of halogens is 1. The monoisotopic (exact) mass is 379 g/mol. The molecule has 2 atom stereocenters. The zero-order valence-electron chi connectivity index (χ0n) is 13.7. The lowest BCUT2D eigenvalue weighted by molar-refractivity contribution is 0.116. The number of ether oxygens (including phenoxy) is 1. The Hall–Kier alpha value is -1.78. The van der Waals surface area contributed by atoms with Crippen LogP contribution in [0, 0.1) is 17.2 Å². The summed E-state index contributed by atoms with van der Waals surface area (Å²) in [6.45, 7) is 2.01. The molecule has 0 radical (unpaired) electrons. The van der Waals surface area contributed by atoms with E-state index in [1.807, 2.05) is 18.0 Å². The van der Waals surface area contributed by atoms with Crippen LogP contribution in [0.4, 0.5) is 0 Å². The highest BCUT2D eigenvalue weighted by atomic mass is 35.5. The minimum Gasteiger partial charge on any atom is -0.482 e. The average molecular weight is 380 g/mol. The number of hydrazone groups is 1. The number of hydrogen-bond acceptors (Lipinski definition) is 6. The number of hydrogen-bond donors (Lipinski definition) is 0. The van der Waals surface area contributed by atoms with Gasteiger partial charge in [-0.2, -0.15) is 10.4 Å². The molecule has 132 valence electrons. The maximum atomic E-state index is 11.5. The molecule has 4 rings (SSSR count). The molecule has 0 spiro atoms. The summed E-state index contributed by atoms with van der Waals surface area (Å²) in [7, 11) is -2.90. The van der Waals surface area contributed by atoms with Crippen molar-refractivity contribution in [2.24, 2.45) is 11.0 Å². The minimum atomic E-state index is -2.90. The van der Waals surface area contributed by atoms with Gasteiger partial charge in [0.15, 0.2) is 15.9 Å². The second-order valence-corrected chi connectivity index (χ2v) is 9.50. The van der Waals surface area contributed by atoms with Gasteiger partial charge in [-0.05, 0) is 31.9 Å². The van der Waals surface area contributed by atoms with Crippen LogP contribution >= 0.6 is 11.6 Å². The van der Waals surface area contributed by atoms with Crippen LogP contribution in [0.2, 0.25) is 5.02 Å². The van der Waals surface area contributed by atoms with Crippen molar-refractivity contribution in [2.75, 3.05) is 11.5 Å². The Kier molecular flexibility index (Phi) is 3.93. The lowest BCUT2D eigenvalue weighted by Crippen LogP contribution is -2.54. The molecule has 6 nitrogen and oxygen atoms in total. The summed E-state index contributed by atoms with van der Waals surface area (Å²) >= 11 is 6.09. The Morgan fingerprint density at radius 1 is 1.36 bits per heavy atom. The van der Waals surface area contributed by atoms with Gasteiger partial charge in [-0.25, -0.2) is 8.42 Å². The van der Waals surface area contributed by atoms with E-state index in [0.717, 1.165) is 18.6 Å². The SMILES string of the molecule is CC1C(Oc2ccc(C#N)c(Cl)c2)C(C2CC2)=NN1C1CS(=O)(=O)C1. The highest BCUT2D eigenvalue weighted by Crippen LogP contribution is 2.39. The summed E-state index contributed by atoms with van der Waals surface area (Å²) in [5.41, 5.74) is 1.41. The second-order valence-electron chi connectivity index (χ2n) is 6.94. The normalized spacial score (nSPS) is 28.2. The molecule has 1 saturated heterocycles. The van der Waals surface area contributed by atoms with E-state index in [0.29, 0.717) is 22.3 Å². The highest BCUT2D eigenvalue weighted by Gasteiger charge is 2.49. The molecular formula is C17H18ClN3O3S. The maximum absolute atomic E-state index is 11.5. The van der Waals surface area contributed by atoms with E-state index in [-0.39, 0.29) is 29.7 Å². The zero-order valence-corrected chi connectivity index (χ0v) is 15.3. The van der Waals surface area contributed by atoms with Crippen molar-refractivity contribution < 1.29 is 13.2 Å². The highest BCUT2D eigenvalue weighted by molar-refractivity contribution is 7.92. The first-order valence-electron chi connectivity index (χ1n) is 8.31. The topological polar surface area (TPSA) is 82.8 Å². The van der Waals surface area contributed by atoms with E-state index in [2.05, 4.69) is 0 Å². The van der Waals surface area contributed by atoms with Crippen LogP contribution in [0.25, 0.3) is 0 Å². The van der Waals surface area contributed by atoms with E-state index < -0.39 is 9.84 Å². The molecule has 0 amide bonds. The smallest absolute Gasteiger partial charge is 0.160 e. The van der Waals surface area contributed by atoms with Crippen molar-refractivity contribution in [3.8, 4) is 11.8 Å². The van der Waals surface area contributed by atoms with E-state index in [9.17, 15) is 8.42 Å². The fourth-order valence-corrected chi connectivity index (χ4v) is 5.02. The quantitative estimate of drug-likeness (QED) is 0.801. The first kappa shape index (κ1) is 16.7. The third kappa shape index (κ3) is 3.09. The van der Waals surface area contributed by atoms with Crippen LogP contribution < -0.4 is 4.74 Å². The third-order valence-electron chi connectivity index (χ3n) is 4.96. The Morgan fingerprint density at radius 2 is 2.08 bits per heavy atom. The van der Waals surface area contributed by atoms with Gasteiger partial charge in [0, 0.05) is 12.0 Å². The van der Waals surface area contributed by atoms with Crippen molar-refractivity contribution in [2.45, 2.75) is 38.0 Å². The lowest BCUT2D eigenvalue weighted by atomic mass is 10.0. The van der Waals surface area contributed by atoms with Gasteiger partial charge in [-0.15, -0.1) is 0 Å². The Labute approximate surface area is 151 Å².